The Balaban J connectivity index is 0.00000220. The smallest absolute Gasteiger partial charge is 0.253 e. The van der Waals surface area contributed by atoms with Crippen molar-refractivity contribution < 1.29 is 9.59 Å². The maximum absolute atomic E-state index is 12.2. The summed E-state index contributed by atoms with van der Waals surface area (Å²) in [6.45, 7) is 1.09. The number of nitrogens with zero attached hydrogens (tertiary/aromatic N) is 1. The molecule has 0 spiro atoms. The minimum Gasteiger partial charge on any atom is -0.352 e. The van der Waals surface area contributed by atoms with Crippen LogP contribution in [0.4, 0.5) is 5.69 Å². The number of halogens is 1. The van der Waals surface area contributed by atoms with Crippen LogP contribution in [0.3, 0.4) is 0 Å². The van der Waals surface area contributed by atoms with Crippen molar-refractivity contribution in [1.82, 2.24) is 5.32 Å². The number of hydrogen-bond acceptors (Lipinski definition) is 3. The second-order valence-corrected chi connectivity index (χ2v) is 5.09. The fraction of sp³-hybridized carbons (Fsp3) is 0.467. The highest BCUT2D eigenvalue weighted by molar-refractivity contribution is 6.05. The van der Waals surface area contributed by atoms with E-state index in [1.165, 1.54) is 0 Å². The Hall–Kier alpha value is -1.59. The molecule has 0 unspecified atom stereocenters. The molecule has 1 aliphatic carbocycles. The lowest BCUT2D eigenvalue weighted by molar-refractivity contribution is -0.119. The quantitative estimate of drug-likeness (QED) is 0.783. The second kappa shape index (κ2) is 8.00. The lowest BCUT2D eigenvalue weighted by Crippen LogP contribution is -2.32. The van der Waals surface area contributed by atoms with Crippen LogP contribution >= 0.6 is 12.4 Å². The summed E-state index contributed by atoms with van der Waals surface area (Å²) < 4.78 is 0. The van der Waals surface area contributed by atoms with Gasteiger partial charge in [0, 0.05) is 19.5 Å². The molecule has 1 saturated carbocycles. The topological polar surface area (TPSA) is 75.4 Å². The molecule has 2 rings (SSSR count). The molecule has 6 heteroatoms. The van der Waals surface area contributed by atoms with Gasteiger partial charge in [0.15, 0.2) is 0 Å². The third kappa shape index (κ3) is 4.44. The van der Waals surface area contributed by atoms with Crippen LogP contribution in [0.5, 0.6) is 0 Å². The first-order valence-electron chi connectivity index (χ1n) is 7.00. The molecule has 0 heterocycles. The van der Waals surface area contributed by atoms with E-state index in [0.717, 1.165) is 19.3 Å². The van der Waals surface area contributed by atoms with Crippen LogP contribution in [-0.2, 0) is 4.79 Å². The van der Waals surface area contributed by atoms with Gasteiger partial charge >= 0.3 is 0 Å². The molecular weight excluding hydrogens is 290 g/mol. The molecule has 0 radical (unpaired) electrons. The van der Waals surface area contributed by atoms with Crippen LogP contribution < -0.4 is 16.0 Å². The van der Waals surface area contributed by atoms with Crippen LogP contribution in [0.25, 0.3) is 0 Å². The van der Waals surface area contributed by atoms with Gasteiger partial charge in [-0.15, -0.1) is 12.4 Å². The van der Waals surface area contributed by atoms with Gasteiger partial charge in [0.1, 0.15) is 0 Å². The van der Waals surface area contributed by atoms with Crippen molar-refractivity contribution in [2.45, 2.75) is 19.3 Å². The van der Waals surface area contributed by atoms with E-state index in [-0.39, 0.29) is 30.1 Å². The summed E-state index contributed by atoms with van der Waals surface area (Å²) in [5.74, 6) is 0.0602. The van der Waals surface area contributed by atoms with Gasteiger partial charge < -0.3 is 16.0 Å². The van der Waals surface area contributed by atoms with E-state index in [1.807, 2.05) is 6.07 Å². The summed E-state index contributed by atoms with van der Waals surface area (Å²) in [5, 5.41) is 2.82. The number of para-hydroxylation sites is 1. The summed E-state index contributed by atoms with van der Waals surface area (Å²) in [6, 6.07) is 7.18. The number of rotatable bonds is 6. The number of nitrogens with two attached hydrogens (primary N) is 1. The molecule has 0 aliphatic heterocycles. The molecule has 1 aromatic rings. The predicted molar refractivity (Wildman–Crippen MR) is 85.8 cm³/mol. The maximum atomic E-state index is 12.2. The van der Waals surface area contributed by atoms with E-state index in [4.69, 9.17) is 5.73 Å². The Morgan fingerprint density at radius 1 is 1.33 bits per heavy atom. The second-order valence-electron chi connectivity index (χ2n) is 5.09. The number of benzene rings is 1. The molecule has 1 fully saturated rings. The highest BCUT2D eigenvalue weighted by atomic mass is 35.5. The molecular formula is C15H22ClN3O2. The van der Waals surface area contributed by atoms with E-state index in [1.54, 1.807) is 30.1 Å². The minimum absolute atomic E-state index is 0. The van der Waals surface area contributed by atoms with Crippen molar-refractivity contribution in [2.75, 3.05) is 25.0 Å². The van der Waals surface area contributed by atoms with Gasteiger partial charge in [-0.05, 0) is 37.9 Å². The van der Waals surface area contributed by atoms with Crippen LogP contribution in [0, 0.1) is 5.92 Å². The SMILES string of the molecule is CN(C(=O)C1CC1)c1ccccc1C(=O)NCCCN.Cl. The lowest BCUT2D eigenvalue weighted by Gasteiger charge is -2.20. The monoisotopic (exact) mass is 311 g/mol. The van der Waals surface area contributed by atoms with Crippen molar-refractivity contribution in [3.8, 4) is 0 Å². The third-order valence-electron chi connectivity index (χ3n) is 3.43. The van der Waals surface area contributed by atoms with Crippen molar-refractivity contribution in [2.24, 2.45) is 11.7 Å². The Kier molecular flexibility index (Phi) is 6.65. The van der Waals surface area contributed by atoms with Gasteiger partial charge in [-0.1, -0.05) is 12.1 Å². The molecule has 5 nitrogen and oxygen atoms in total. The summed E-state index contributed by atoms with van der Waals surface area (Å²) >= 11 is 0. The molecule has 2 amide bonds. The van der Waals surface area contributed by atoms with E-state index >= 15 is 0 Å². The number of hydrogen-bond donors (Lipinski definition) is 2. The fourth-order valence-electron chi connectivity index (χ4n) is 2.08. The number of carbonyl (C=O) groups is 2. The van der Waals surface area contributed by atoms with Crippen LogP contribution in [0.1, 0.15) is 29.6 Å². The van der Waals surface area contributed by atoms with E-state index in [0.29, 0.717) is 24.3 Å². The van der Waals surface area contributed by atoms with Crippen molar-refractivity contribution in [1.29, 1.82) is 0 Å². The summed E-state index contributed by atoms with van der Waals surface area (Å²) in [5.41, 5.74) is 6.60. The van der Waals surface area contributed by atoms with Crippen LogP contribution in [0.2, 0.25) is 0 Å². The molecule has 0 bridgehead atoms. The highest BCUT2D eigenvalue weighted by Crippen LogP contribution is 2.33. The lowest BCUT2D eigenvalue weighted by atomic mass is 10.1. The third-order valence-corrected chi connectivity index (χ3v) is 3.43. The number of carbonyl (C=O) groups excluding carboxylic acids is 2. The Morgan fingerprint density at radius 3 is 2.62 bits per heavy atom. The van der Waals surface area contributed by atoms with Crippen molar-refractivity contribution >= 4 is 29.9 Å². The Morgan fingerprint density at radius 2 is 2.00 bits per heavy atom. The first kappa shape index (κ1) is 17.5. The van der Waals surface area contributed by atoms with Gasteiger partial charge in [-0.3, -0.25) is 9.59 Å². The standard InChI is InChI=1S/C15H21N3O2.ClH/c1-18(15(20)11-7-8-11)13-6-3-2-5-12(13)14(19)17-10-4-9-16;/h2-3,5-6,11H,4,7-10,16H2,1H3,(H,17,19);1H. The van der Waals surface area contributed by atoms with Gasteiger partial charge in [-0.2, -0.15) is 0 Å². The van der Waals surface area contributed by atoms with Gasteiger partial charge in [0.25, 0.3) is 5.91 Å². The maximum Gasteiger partial charge on any atom is 0.253 e. The van der Waals surface area contributed by atoms with Crippen molar-refractivity contribution in [3.63, 3.8) is 0 Å². The van der Waals surface area contributed by atoms with Gasteiger partial charge in [0.05, 0.1) is 11.3 Å². The Bertz CT molecular complexity index is 503. The van der Waals surface area contributed by atoms with Gasteiger partial charge in [0.2, 0.25) is 5.91 Å². The zero-order valence-corrected chi connectivity index (χ0v) is 13.0. The van der Waals surface area contributed by atoms with E-state index < -0.39 is 0 Å². The van der Waals surface area contributed by atoms with E-state index in [9.17, 15) is 9.59 Å². The minimum atomic E-state index is -0.163. The molecule has 0 aromatic heterocycles. The largest absolute Gasteiger partial charge is 0.352 e. The first-order valence-corrected chi connectivity index (χ1v) is 7.00. The molecule has 21 heavy (non-hydrogen) atoms. The molecule has 116 valence electrons. The summed E-state index contributed by atoms with van der Waals surface area (Å²) in [6.07, 6.45) is 2.65. The first-order chi connectivity index (χ1) is 9.65. The fourth-order valence-corrected chi connectivity index (χ4v) is 2.08. The zero-order valence-electron chi connectivity index (χ0n) is 12.2. The van der Waals surface area contributed by atoms with Crippen molar-refractivity contribution in [3.05, 3.63) is 29.8 Å². The molecule has 0 saturated heterocycles. The predicted octanol–water partition coefficient (Wildman–Crippen LogP) is 1.56. The highest BCUT2D eigenvalue weighted by Gasteiger charge is 2.33. The van der Waals surface area contributed by atoms with E-state index in [2.05, 4.69) is 5.32 Å². The Labute approximate surface area is 131 Å². The van der Waals surface area contributed by atoms with Gasteiger partial charge in [-0.25, -0.2) is 0 Å². The average Bonchev–Trinajstić information content (AvgIpc) is 3.30. The molecule has 1 aliphatic rings. The van der Waals surface area contributed by atoms with Crippen LogP contribution in [-0.4, -0.2) is 32.0 Å². The number of nitrogens with one attached hydrogen (secondary N) is 1. The molecule has 1 aromatic carbocycles. The molecule has 0 atom stereocenters. The van der Waals surface area contributed by atoms with Crippen LogP contribution in [0.15, 0.2) is 24.3 Å². The summed E-state index contributed by atoms with van der Waals surface area (Å²) in [4.78, 5) is 25.9. The zero-order chi connectivity index (χ0) is 14.5. The summed E-state index contributed by atoms with van der Waals surface area (Å²) in [7, 11) is 1.73. The average molecular weight is 312 g/mol. The number of amides is 2. The number of anilines is 1. The molecule has 3 N–H and O–H groups in total. The normalized spacial score (nSPS) is 13.2.